The first kappa shape index (κ1) is 12.3. The maximum atomic E-state index is 12.4. The average molecular weight is 267 g/mol. The third-order valence-electron chi connectivity index (χ3n) is 3.45. The van der Waals surface area contributed by atoms with Crippen LogP contribution in [0.2, 0.25) is 0 Å². The van der Waals surface area contributed by atoms with E-state index >= 15 is 0 Å². The van der Waals surface area contributed by atoms with Gasteiger partial charge in [0.15, 0.2) is 0 Å². The van der Waals surface area contributed by atoms with E-state index in [9.17, 15) is 9.59 Å². The lowest BCUT2D eigenvalue weighted by atomic mass is 10.1. The number of benzene rings is 1. The molecule has 2 N–H and O–H groups in total. The topological polar surface area (TPSA) is 76.3 Å². The van der Waals surface area contributed by atoms with Crippen molar-refractivity contribution in [1.82, 2.24) is 9.88 Å². The number of fused-ring (bicyclic) bond motifs is 1. The number of pyridine rings is 1. The number of imide groups is 1. The van der Waals surface area contributed by atoms with E-state index in [1.54, 1.807) is 43.5 Å². The van der Waals surface area contributed by atoms with Crippen molar-refractivity contribution in [3.63, 3.8) is 0 Å². The molecule has 0 saturated heterocycles. The number of nitrogens with two attached hydrogens (primary N) is 1. The van der Waals surface area contributed by atoms with Crippen molar-refractivity contribution in [2.75, 3.05) is 5.73 Å². The number of carbonyl (C=O) groups is 2. The Labute approximate surface area is 116 Å². The molecule has 5 heteroatoms. The third kappa shape index (κ3) is 1.75. The second-order valence-corrected chi connectivity index (χ2v) is 4.72. The summed E-state index contributed by atoms with van der Waals surface area (Å²) < 4.78 is 0. The van der Waals surface area contributed by atoms with Crippen molar-refractivity contribution >= 4 is 17.5 Å². The van der Waals surface area contributed by atoms with Crippen LogP contribution < -0.4 is 5.73 Å². The highest BCUT2D eigenvalue weighted by Crippen LogP contribution is 2.31. The summed E-state index contributed by atoms with van der Waals surface area (Å²) in [6, 6.07) is 9.76. The van der Waals surface area contributed by atoms with E-state index in [-0.39, 0.29) is 11.8 Å². The summed E-state index contributed by atoms with van der Waals surface area (Å²) in [7, 11) is 0. The smallest absolute Gasteiger partial charge is 0.262 e. The molecule has 1 aliphatic rings. The van der Waals surface area contributed by atoms with Crippen LogP contribution in [0.25, 0.3) is 0 Å². The number of carbonyl (C=O) groups excluding carboxylic acids is 2. The molecule has 1 unspecified atom stereocenters. The maximum Gasteiger partial charge on any atom is 0.262 e. The second kappa shape index (κ2) is 4.45. The summed E-state index contributed by atoms with van der Waals surface area (Å²) in [6.07, 6.45) is 1.64. The Bertz CT molecular complexity index is 698. The molecule has 1 aromatic carbocycles. The lowest BCUT2D eigenvalue weighted by molar-refractivity contribution is 0.0592. The molecule has 5 nitrogen and oxygen atoms in total. The minimum atomic E-state index is -0.412. The normalized spacial score (nSPS) is 15.3. The quantitative estimate of drug-likeness (QED) is 0.667. The van der Waals surface area contributed by atoms with Gasteiger partial charge in [-0.2, -0.15) is 0 Å². The van der Waals surface area contributed by atoms with E-state index in [0.717, 1.165) is 0 Å². The number of amides is 2. The van der Waals surface area contributed by atoms with Gasteiger partial charge in [0.05, 0.1) is 22.9 Å². The molecule has 100 valence electrons. The molecule has 20 heavy (non-hydrogen) atoms. The highest BCUT2D eigenvalue weighted by Gasteiger charge is 2.39. The maximum absolute atomic E-state index is 12.4. The number of anilines is 1. The van der Waals surface area contributed by atoms with Crippen molar-refractivity contribution in [2.45, 2.75) is 13.0 Å². The zero-order chi connectivity index (χ0) is 14.3. The Kier molecular flexibility index (Phi) is 2.75. The van der Waals surface area contributed by atoms with E-state index in [4.69, 9.17) is 5.73 Å². The summed E-state index contributed by atoms with van der Waals surface area (Å²) in [5.74, 6) is -0.626. The number of aromatic nitrogens is 1. The molecule has 0 radical (unpaired) electrons. The van der Waals surface area contributed by atoms with Gasteiger partial charge < -0.3 is 5.73 Å². The standard InChI is InChI=1S/C15H13N3O2/c1-9(13-4-2-3-7-17-13)18-14(19)11-6-5-10(16)8-12(11)15(18)20/h2-9H,16H2,1H3. The highest BCUT2D eigenvalue weighted by molar-refractivity contribution is 6.21. The van der Waals surface area contributed by atoms with E-state index in [2.05, 4.69) is 4.98 Å². The molecule has 0 spiro atoms. The number of nitrogen functional groups attached to an aromatic ring is 1. The molecular formula is C15H13N3O2. The molecular weight excluding hydrogens is 254 g/mol. The van der Waals surface area contributed by atoms with Gasteiger partial charge in [-0.1, -0.05) is 6.07 Å². The predicted octanol–water partition coefficient (Wildman–Crippen LogP) is 2.02. The van der Waals surface area contributed by atoms with E-state index in [1.807, 2.05) is 6.07 Å². The van der Waals surface area contributed by atoms with Gasteiger partial charge in [-0.05, 0) is 37.3 Å². The number of nitrogens with zero attached hydrogens (tertiary/aromatic N) is 2. The number of hydrogen-bond donors (Lipinski definition) is 1. The Balaban J connectivity index is 2.02. The third-order valence-corrected chi connectivity index (χ3v) is 3.45. The van der Waals surface area contributed by atoms with Crippen LogP contribution in [0.3, 0.4) is 0 Å². The fourth-order valence-corrected chi connectivity index (χ4v) is 2.38. The van der Waals surface area contributed by atoms with Crippen molar-refractivity contribution in [1.29, 1.82) is 0 Å². The summed E-state index contributed by atoms with van der Waals surface area (Å²) in [6.45, 7) is 1.79. The van der Waals surface area contributed by atoms with Crippen molar-refractivity contribution in [3.05, 3.63) is 59.4 Å². The molecule has 2 heterocycles. The SMILES string of the molecule is CC(c1ccccn1)N1C(=O)c2ccc(N)cc2C1=O. The van der Waals surface area contributed by atoms with Crippen LogP contribution in [0, 0.1) is 0 Å². The summed E-state index contributed by atoms with van der Waals surface area (Å²) >= 11 is 0. The zero-order valence-electron chi connectivity index (χ0n) is 10.9. The Morgan fingerprint density at radius 1 is 1.10 bits per heavy atom. The molecule has 2 amide bonds. The van der Waals surface area contributed by atoms with Crippen molar-refractivity contribution in [3.8, 4) is 0 Å². The van der Waals surface area contributed by atoms with Crippen molar-refractivity contribution < 1.29 is 9.59 Å². The number of hydrogen-bond acceptors (Lipinski definition) is 4. The molecule has 2 aromatic rings. The second-order valence-electron chi connectivity index (χ2n) is 4.72. The van der Waals surface area contributed by atoms with E-state index < -0.39 is 6.04 Å². The van der Waals surface area contributed by atoms with Crippen LogP contribution in [-0.2, 0) is 0 Å². The van der Waals surface area contributed by atoms with Gasteiger partial charge in [0.1, 0.15) is 0 Å². The average Bonchev–Trinajstić information content (AvgIpc) is 2.71. The summed E-state index contributed by atoms with van der Waals surface area (Å²) in [4.78, 5) is 30.2. The fraction of sp³-hybridized carbons (Fsp3) is 0.133. The summed E-state index contributed by atoms with van der Waals surface area (Å²) in [5, 5.41) is 0. The van der Waals surface area contributed by atoms with Crippen LogP contribution in [-0.4, -0.2) is 21.7 Å². The molecule has 1 atom stereocenters. The van der Waals surface area contributed by atoms with E-state index in [0.29, 0.717) is 22.5 Å². The molecule has 3 rings (SSSR count). The van der Waals surface area contributed by atoms with Gasteiger partial charge in [-0.15, -0.1) is 0 Å². The van der Waals surface area contributed by atoms with Crippen LogP contribution in [0.5, 0.6) is 0 Å². The summed E-state index contributed by atoms with van der Waals surface area (Å²) in [5.41, 5.74) is 7.58. The highest BCUT2D eigenvalue weighted by atomic mass is 16.2. The first-order chi connectivity index (χ1) is 9.59. The van der Waals surface area contributed by atoms with Gasteiger partial charge in [-0.3, -0.25) is 19.5 Å². The van der Waals surface area contributed by atoms with Gasteiger partial charge in [0.2, 0.25) is 0 Å². The number of rotatable bonds is 2. The molecule has 0 fully saturated rings. The molecule has 0 saturated carbocycles. The van der Waals surface area contributed by atoms with Gasteiger partial charge >= 0.3 is 0 Å². The van der Waals surface area contributed by atoms with E-state index in [1.165, 1.54) is 4.90 Å². The Morgan fingerprint density at radius 3 is 2.55 bits per heavy atom. The largest absolute Gasteiger partial charge is 0.399 e. The lowest BCUT2D eigenvalue weighted by Gasteiger charge is -2.21. The first-order valence-corrected chi connectivity index (χ1v) is 6.28. The predicted molar refractivity (Wildman–Crippen MR) is 74.0 cm³/mol. The lowest BCUT2D eigenvalue weighted by Crippen LogP contribution is -2.32. The Morgan fingerprint density at radius 2 is 1.85 bits per heavy atom. The van der Waals surface area contributed by atoms with Crippen LogP contribution >= 0.6 is 0 Å². The molecule has 0 bridgehead atoms. The van der Waals surface area contributed by atoms with Crippen LogP contribution in [0.1, 0.15) is 39.4 Å². The minimum absolute atomic E-state index is 0.303. The molecule has 1 aliphatic heterocycles. The van der Waals surface area contributed by atoms with Crippen LogP contribution in [0.15, 0.2) is 42.6 Å². The van der Waals surface area contributed by atoms with Crippen LogP contribution in [0.4, 0.5) is 5.69 Å². The van der Waals surface area contributed by atoms with Gasteiger partial charge in [0, 0.05) is 11.9 Å². The van der Waals surface area contributed by atoms with Gasteiger partial charge in [0.25, 0.3) is 11.8 Å². The zero-order valence-corrected chi connectivity index (χ0v) is 10.9. The van der Waals surface area contributed by atoms with Gasteiger partial charge in [-0.25, -0.2) is 0 Å². The Hall–Kier alpha value is -2.69. The first-order valence-electron chi connectivity index (χ1n) is 6.28. The molecule has 1 aromatic heterocycles. The minimum Gasteiger partial charge on any atom is -0.399 e. The monoisotopic (exact) mass is 267 g/mol. The molecule has 0 aliphatic carbocycles. The fourth-order valence-electron chi connectivity index (χ4n) is 2.38. The van der Waals surface area contributed by atoms with Crippen molar-refractivity contribution in [2.24, 2.45) is 0 Å².